The fourth-order valence-electron chi connectivity index (χ4n) is 0.515. The van der Waals surface area contributed by atoms with Crippen LogP contribution in [-0.4, -0.2) is 35.0 Å². The van der Waals surface area contributed by atoms with Crippen LogP contribution in [0.5, 0.6) is 0 Å². The summed E-state index contributed by atoms with van der Waals surface area (Å²) in [5.41, 5.74) is 6.68. The first kappa shape index (κ1) is 9.82. The van der Waals surface area contributed by atoms with Gasteiger partial charge >= 0.3 is 5.96 Å². The minimum absolute atomic E-state index is 0.238. The number of rotatable bonds is 2. The Morgan fingerprint density at radius 2 is 2.55 bits per heavy atom. The van der Waals surface area contributed by atoms with E-state index in [-0.39, 0.29) is 5.96 Å². The van der Waals surface area contributed by atoms with Gasteiger partial charge in [0.25, 0.3) is 6.19 Å². The fourth-order valence-corrected chi connectivity index (χ4v) is 0.815. The van der Waals surface area contributed by atoms with E-state index in [2.05, 4.69) is 22.7 Å². The van der Waals surface area contributed by atoms with Crippen molar-refractivity contribution in [1.29, 1.82) is 10.8 Å². The highest BCUT2D eigenvalue weighted by atomic mass is 32.1. The molecule has 0 radical (unpaired) electrons. The Bertz CT molecular complexity index is 201. The third kappa shape index (κ3) is 3.50. The summed E-state index contributed by atoms with van der Waals surface area (Å²) in [6.07, 6.45) is 1.69. The average molecular weight is 172 g/mol. The van der Waals surface area contributed by atoms with Crippen LogP contribution in [0.4, 0.5) is 0 Å². The van der Waals surface area contributed by atoms with Crippen LogP contribution >= 0.6 is 12.6 Å². The Kier molecular flexibility index (Phi) is 4.99. The molecule has 60 valence electrons. The predicted octanol–water partition coefficient (Wildman–Crippen LogP) is -0.486. The van der Waals surface area contributed by atoms with Crippen molar-refractivity contribution < 1.29 is 4.79 Å². The number of nitrogens with zero attached hydrogens (tertiary/aromatic N) is 3. The van der Waals surface area contributed by atoms with Crippen LogP contribution in [-0.2, 0) is 0 Å². The lowest BCUT2D eigenvalue weighted by Crippen LogP contribution is -2.38. The summed E-state index contributed by atoms with van der Waals surface area (Å²) >= 11 is 3.99. The number of thiol groups is 1. The van der Waals surface area contributed by atoms with Gasteiger partial charge in [0.2, 0.25) is 0 Å². The average Bonchev–Trinajstić information content (AvgIpc) is 2.00. The van der Waals surface area contributed by atoms with Crippen molar-refractivity contribution in [2.45, 2.75) is 0 Å². The van der Waals surface area contributed by atoms with Gasteiger partial charge in [-0.2, -0.15) is 23.2 Å². The number of hydrogen-bond acceptors (Lipinski definition) is 3. The van der Waals surface area contributed by atoms with Gasteiger partial charge in [-0.1, -0.05) is 5.53 Å². The summed E-state index contributed by atoms with van der Waals surface area (Å²) in [6.45, 7) is 0.648. The second-order valence-electron chi connectivity index (χ2n) is 1.82. The van der Waals surface area contributed by atoms with Gasteiger partial charge in [0, 0.05) is 5.75 Å². The molecule has 0 aromatic heterocycles. The quantitative estimate of drug-likeness (QED) is 0.100. The maximum atomic E-state index is 8.21. The lowest BCUT2D eigenvalue weighted by molar-refractivity contribution is -0.134. The molecule has 0 aliphatic rings. The van der Waals surface area contributed by atoms with Gasteiger partial charge in [-0.15, -0.1) is 4.79 Å². The van der Waals surface area contributed by atoms with Crippen molar-refractivity contribution >= 4 is 18.6 Å². The highest BCUT2D eigenvalue weighted by molar-refractivity contribution is 7.80. The molecule has 0 rings (SSSR count). The topological polar surface area (TPSA) is 77.0 Å². The summed E-state index contributed by atoms with van der Waals surface area (Å²) in [5.74, 6) is 0.893. The van der Waals surface area contributed by atoms with Crippen LogP contribution < -0.4 is 5.32 Å². The molecule has 0 bridgehead atoms. The van der Waals surface area contributed by atoms with Crippen LogP contribution in [0.1, 0.15) is 0 Å². The van der Waals surface area contributed by atoms with Crippen LogP contribution in [0.15, 0.2) is 0 Å². The molecule has 0 heterocycles. The van der Waals surface area contributed by atoms with E-state index in [0.29, 0.717) is 12.3 Å². The minimum Gasteiger partial charge on any atom is -0.250 e. The molecule has 6 heteroatoms. The van der Waals surface area contributed by atoms with Crippen LogP contribution in [0.25, 0.3) is 0 Å². The maximum Gasteiger partial charge on any atom is 0.480 e. The monoisotopic (exact) mass is 172 g/mol. The van der Waals surface area contributed by atoms with Crippen molar-refractivity contribution in [3.63, 3.8) is 0 Å². The lowest BCUT2D eigenvalue weighted by Gasteiger charge is -2.05. The highest BCUT2D eigenvalue weighted by Crippen LogP contribution is 1.82. The summed E-state index contributed by atoms with van der Waals surface area (Å²) in [5, 5.41) is 10.5. The molecule has 0 unspecified atom stereocenters. The van der Waals surface area contributed by atoms with Crippen LogP contribution in [0.2, 0.25) is 0 Å². The van der Waals surface area contributed by atoms with Crippen molar-refractivity contribution in [3.05, 3.63) is 0 Å². The number of nitriles is 1. The first-order valence-corrected chi connectivity index (χ1v) is 3.61. The third-order valence-electron chi connectivity index (χ3n) is 1.07. The van der Waals surface area contributed by atoms with Gasteiger partial charge in [-0.25, -0.2) is 4.90 Å². The molecule has 0 aliphatic heterocycles. The van der Waals surface area contributed by atoms with Gasteiger partial charge < -0.3 is 0 Å². The minimum atomic E-state index is 0.238. The Morgan fingerprint density at radius 3 is 2.91 bits per heavy atom. The van der Waals surface area contributed by atoms with Gasteiger partial charge in [-0.3, -0.25) is 0 Å². The second-order valence-corrected chi connectivity index (χ2v) is 2.26. The van der Waals surface area contributed by atoms with Crippen LogP contribution in [0, 0.1) is 17.0 Å². The van der Waals surface area contributed by atoms with E-state index >= 15 is 0 Å². The zero-order valence-corrected chi connectivity index (χ0v) is 7.10. The number of hydrogen-bond donors (Lipinski definition) is 3. The largest absolute Gasteiger partial charge is 0.480 e. The normalized spacial score (nSPS) is 7.73. The summed E-state index contributed by atoms with van der Waals surface area (Å²) in [7, 11) is 1.73. The summed E-state index contributed by atoms with van der Waals surface area (Å²) in [6, 6.07) is 0. The highest BCUT2D eigenvalue weighted by Gasteiger charge is 2.14. The van der Waals surface area contributed by atoms with E-state index in [0.717, 1.165) is 0 Å². The molecule has 0 spiro atoms. The predicted molar refractivity (Wildman–Crippen MR) is 43.2 cm³/mol. The summed E-state index contributed by atoms with van der Waals surface area (Å²) in [4.78, 5) is 4.76. The molecule has 0 amide bonds. The van der Waals surface area contributed by atoms with Gasteiger partial charge in [0.15, 0.2) is 0 Å². The first-order valence-electron chi connectivity index (χ1n) is 2.97. The van der Waals surface area contributed by atoms with Gasteiger partial charge in [0.1, 0.15) is 0 Å². The van der Waals surface area contributed by atoms with E-state index < -0.39 is 0 Å². The molecule has 11 heavy (non-hydrogen) atoms. The number of nitrogens with one attached hydrogen (secondary N) is 2. The maximum absolute atomic E-state index is 8.21. The molecule has 5 nitrogen and oxygen atoms in total. The van der Waals surface area contributed by atoms with Crippen molar-refractivity contribution in [2.24, 2.45) is 0 Å². The Balaban J connectivity index is 4.07. The standard InChI is InChI=1S/C5H9N5S/c1-10(2-3-11)5(9-7)8-4-6/h7,11H,2-3H2,1H3/p+1. The molecule has 0 aromatic carbocycles. The molecular weight excluding hydrogens is 162 g/mol. The smallest absolute Gasteiger partial charge is 0.250 e. The third-order valence-corrected chi connectivity index (χ3v) is 1.27. The molecule has 0 saturated heterocycles. The molecular formula is C5H10N5S+. The Hall–Kier alpha value is -1.18. The fraction of sp³-hybridized carbons (Fsp3) is 0.600. The van der Waals surface area contributed by atoms with E-state index in [1.165, 1.54) is 0 Å². The van der Waals surface area contributed by atoms with E-state index in [1.807, 2.05) is 0 Å². The molecule has 0 fully saturated rings. The summed E-state index contributed by atoms with van der Waals surface area (Å²) < 4.78 is 0. The Labute approximate surface area is 70.6 Å². The molecule has 0 saturated carbocycles. The second kappa shape index (κ2) is 5.59. The lowest BCUT2D eigenvalue weighted by atomic mass is 10.6. The van der Waals surface area contributed by atoms with E-state index in [1.54, 1.807) is 18.1 Å². The molecule has 2 N–H and O–H groups in total. The van der Waals surface area contributed by atoms with Gasteiger partial charge in [-0.05, 0) is 0 Å². The van der Waals surface area contributed by atoms with Gasteiger partial charge in [0.05, 0.1) is 13.6 Å². The molecule has 0 aromatic rings. The number of guanidine groups is 1. The van der Waals surface area contributed by atoms with E-state index in [4.69, 9.17) is 10.8 Å². The Morgan fingerprint density at radius 1 is 1.91 bits per heavy atom. The zero-order valence-electron chi connectivity index (χ0n) is 6.20. The van der Waals surface area contributed by atoms with E-state index in [9.17, 15) is 0 Å². The van der Waals surface area contributed by atoms with Crippen molar-refractivity contribution in [1.82, 2.24) is 10.2 Å². The molecule has 0 aliphatic carbocycles. The first-order chi connectivity index (χ1) is 5.26. The SMILES string of the molecule is CN(CCS)C(=[N+]=N)NC#N. The van der Waals surface area contributed by atoms with Crippen LogP contribution in [0.3, 0.4) is 0 Å². The molecule has 0 atom stereocenters. The zero-order chi connectivity index (χ0) is 8.69. The van der Waals surface area contributed by atoms with Crippen molar-refractivity contribution in [2.75, 3.05) is 19.3 Å². The van der Waals surface area contributed by atoms with Crippen molar-refractivity contribution in [3.8, 4) is 6.19 Å².